The van der Waals surface area contributed by atoms with Gasteiger partial charge in [-0.1, -0.05) is 37.5 Å². The Morgan fingerprint density at radius 2 is 1.82 bits per heavy atom. The predicted molar refractivity (Wildman–Crippen MR) is 84.0 cm³/mol. The molecule has 0 bridgehead atoms. The van der Waals surface area contributed by atoms with Crippen LogP contribution in [0.1, 0.15) is 62.8 Å². The fourth-order valence-electron chi connectivity index (χ4n) is 4.80. The molecule has 22 heavy (non-hydrogen) atoms. The van der Waals surface area contributed by atoms with E-state index in [0.29, 0.717) is 5.91 Å². The van der Waals surface area contributed by atoms with Crippen LogP contribution < -0.4 is 0 Å². The summed E-state index contributed by atoms with van der Waals surface area (Å²) in [6.07, 6.45) is 9.32. The van der Waals surface area contributed by atoms with E-state index in [9.17, 15) is 9.18 Å². The van der Waals surface area contributed by atoms with Crippen molar-refractivity contribution in [3.05, 3.63) is 35.6 Å². The summed E-state index contributed by atoms with van der Waals surface area (Å²) >= 11 is 0. The molecule has 1 heterocycles. The van der Waals surface area contributed by atoms with E-state index in [1.54, 1.807) is 6.07 Å². The Morgan fingerprint density at radius 3 is 2.59 bits per heavy atom. The Morgan fingerprint density at radius 1 is 1.09 bits per heavy atom. The third kappa shape index (κ3) is 2.26. The molecular weight excluding hydrogens is 277 g/mol. The van der Waals surface area contributed by atoms with Gasteiger partial charge in [-0.2, -0.15) is 0 Å². The zero-order valence-corrected chi connectivity index (χ0v) is 13.1. The number of hydrogen-bond acceptors (Lipinski definition) is 1. The van der Waals surface area contributed by atoms with Crippen molar-refractivity contribution in [2.45, 2.75) is 62.8 Å². The maximum Gasteiger partial charge on any atom is 0.226 e. The van der Waals surface area contributed by atoms with Crippen molar-refractivity contribution in [1.29, 1.82) is 0 Å². The van der Waals surface area contributed by atoms with Crippen LogP contribution in [0.5, 0.6) is 0 Å². The molecule has 0 unspecified atom stereocenters. The van der Waals surface area contributed by atoms with E-state index in [1.807, 2.05) is 12.1 Å². The monoisotopic (exact) mass is 301 g/mol. The first-order chi connectivity index (χ1) is 10.7. The largest absolute Gasteiger partial charge is 0.337 e. The van der Waals surface area contributed by atoms with Gasteiger partial charge in [-0.3, -0.25) is 4.79 Å². The summed E-state index contributed by atoms with van der Waals surface area (Å²) in [5, 5.41) is 0. The third-order valence-corrected chi connectivity index (χ3v) is 6.06. The summed E-state index contributed by atoms with van der Waals surface area (Å²) < 4.78 is 13.9. The normalized spacial score (nSPS) is 29.8. The van der Waals surface area contributed by atoms with Crippen LogP contribution in [0.4, 0.5) is 4.39 Å². The van der Waals surface area contributed by atoms with E-state index in [1.165, 1.54) is 44.6 Å². The average Bonchev–Trinajstić information content (AvgIpc) is 3.24. The highest BCUT2D eigenvalue weighted by atomic mass is 19.1. The number of benzene rings is 1. The van der Waals surface area contributed by atoms with Crippen molar-refractivity contribution in [2.24, 2.45) is 5.92 Å². The summed E-state index contributed by atoms with van der Waals surface area (Å²) in [4.78, 5) is 15.2. The molecule has 1 saturated heterocycles. The molecule has 3 heteroatoms. The van der Waals surface area contributed by atoms with E-state index >= 15 is 0 Å². The van der Waals surface area contributed by atoms with Crippen LogP contribution in [0.15, 0.2) is 24.3 Å². The minimum absolute atomic E-state index is 0.0220. The lowest BCUT2D eigenvalue weighted by Gasteiger charge is -2.42. The lowest BCUT2D eigenvalue weighted by Crippen LogP contribution is -2.49. The third-order valence-electron chi connectivity index (χ3n) is 6.06. The van der Waals surface area contributed by atoms with Crippen LogP contribution in [-0.4, -0.2) is 22.9 Å². The number of halogens is 1. The maximum atomic E-state index is 13.9. The van der Waals surface area contributed by atoms with Gasteiger partial charge < -0.3 is 4.90 Å². The molecule has 3 aliphatic rings. The molecule has 0 N–H and O–H groups in total. The van der Waals surface area contributed by atoms with Crippen molar-refractivity contribution in [1.82, 2.24) is 4.90 Å². The molecule has 4 rings (SSSR count). The van der Waals surface area contributed by atoms with Gasteiger partial charge in [-0.05, 0) is 49.7 Å². The molecule has 118 valence electrons. The Labute approximate surface area is 131 Å². The summed E-state index contributed by atoms with van der Waals surface area (Å²) in [6, 6.07) is 6.94. The number of hydrogen-bond donors (Lipinski definition) is 0. The topological polar surface area (TPSA) is 20.3 Å². The van der Waals surface area contributed by atoms with Crippen molar-refractivity contribution in [2.75, 3.05) is 6.54 Å². The SMILES string of the molecule is O=C([C@H]1C[C@@H]1c1ccccc1F)N1CCCC12CCCCC2. The first kappa shape index (κ1) is 14.2. The molecule has 2 atom stereocenters. The van der Waals surface area contributed by atoms with Crippen molar-refractivity contribution < 1.29 is 9.18 Å². The number of carbonyl (C=O) groups excluding carboxylic acids is 1. The lowest BCUT2D eigenvalue weighted by molar-refractivity contribution is -0.138. The second-order valence-corrected chi connectivity index (χ2v) is 7.35. The van der Waals surface area contributed by atoms with Crippen molar-refractivity contribution in [3.63, 3.8) is 0 Å². The molecule has 3 fully saturated rings. The van der Waals surface area contributed by atoms with Crippen LogP contribution in [-0.2, 0) is 4.79 Å². The molecule has 2 nitrogen and oxygen atoms in total. The second-order valence-electron chi connectivity index (χ2n) is 7.35. The zero-order chi connectivity index (χ0) is 15.2. The van der Waals surface area contributed by atoms with E-state index < -0.39 is 0 Å². The molecule has 1 aromatic carbocycles. The molecule has 0 radical (unpaired) electrons. The number of likely N-dealkylation sites (tertiary alicyclic amines) is 1. The Kier molecular flexibility index (Phi) is 3.47. The fraction of sp³-hybridized carbons (Fsp3) is 0.632. The quantitative estimate of drug-likeness (QED) is 0.799. The standard InChI is InChI=1S/C19H24FNO/c20-17-8-3-2-7-14(17)15-13-16(15)18(22)21-12-6-11-19(21)9-4-1-5-10-19/h2-3,7-8,15-16H,1,4-6,9-13H2/t15-,16+/m1/s1. The first-order valence-corrected chi connectivity index (χ1v) is 8.77. The van der Waals surface area contributed by atoms with E-state index in [0.717, 1.165) is 24.9 Å². The highest BCUT2D eigenvalue weighted by Crippen LogP contribution is 2.52. The van der Waals surface area contributed by atoms with Crippen LogP contribution in [0.2, 0.25) is 0 Å². The van der Waals surface area contributed by atoms with E-state index in [-0.39, 0.29) is 23.2 Å². The van der Waals surface area contributed by atoms with Crippen molar-refractivity contribution in [3.8, 4) is 0 Å². The van der Waals surface area contributed by atoms with Gasteiger partial charge in [-0.15, -0.1) is 0 Å². The molecule has 1 amide bonds. The summed E-state index contributed by atoms with van der Waals surface area (Å²) in [5.41, 5.74) is 0.885. The maximum absolute atomic E-state index is 13.9. The van der Waals surface area contributed by atoms with Gasteiger partial charge in [0.05, 0.1) is 0 Å². The van der Waals surface area contributed by atoms with Crippen LogP contribution in [0.3, 0.4) is 0 Å². The van der Waals surface area contributed by atoms with Gasteiger partial charge in [0.2, 0.25) is 5.91 Å². The highest BCUT2D eigenvalue weighted by Gasteiger charge is 2.52. The van der Waals surface area contributed by atoms with E-state index in [2.05, 4.69) is 4.90 Å². The molecule has 2 saturated carbocycles. The van der Waals surface area contributed by atoms with Gasteiger partial charge >= 0.3 is 0 Å². The molecule has 0 aromatic heterocycles. The van der Waals surface area contributed by atoms with Crippen LogP contribution in [0.25, 0.3) is 0 Å². The Balaban J connectivity index is 1.50. The molecule has 1 spiro atoms. The van der Waals surface area contributed by atoms with E-state index in [4.69, 9.17) is 0 Å². The average molecular weight is 301 g/mol. The number of nitrogens with zero attached hydrogens (tertiary/aromatic N) is 1. The summed E-state index contributed by atoms with van der Waals surface area (Å²) in [7, 11) is 0. The van der Waals surface area contributed by atoms with Crippen molar-refractivity contribution >= 4 is 5.91 Å². The van der Waals surface area contributed by atoms with Gasteiger partial charge in [0, 0.05) is 18.0 Å². The molecule has 2 aliphatic carbocycles. The van der Waals surface area contributed by atoms with Gasteiger partial charge in [0.1, 0.15) is 5.82 Å². The summed E-state index contributed by atoms with van der Waals surface area (Å²) in [5.74, 6) is 0.271. The number of rotatable bonds is 2. The highest BCUT2D eigenvalue weighted by molar-refractivity contribution is 5.84. The smallest absolute Gasteiger partial charge is 0.226 e. The van der Waals surface area contributed by atoms with Gasteiger partial charge in [-0.25, -0.2) is 4.39 Å². The minimum Gasteiger partial charge on any atom is -0.337 e. The molecular formula is C19H24FNO. The van der Waals surface area contributed by atoms with Gasteiger partial charge in [0.25, 0.3) is 0 Å². The number of carbonyl (C=O) groups is 1. The Bertz CT molecular complexity index is 579. The first-order valence-electron chi connectivity index (χ1n) is 8.77. The minimum atomic E-state index is -0.156. The van der Waals surface area contributed by atoms with Crippen LogP contribution in [0, 0.1) is 11.7 Å². The number of amides is 1. The second kappa shape index (κ2) is 5.36. The van der Waals surface area contributed by atoms with Crippen LogP contribution >= 0.6 is 0 Å². The Hall–Kier alpha value is -1.38. The van der Waals surface area contributed by atoms with Gasteiger partial charge in [0.15, 0.2) is 0 Å². The zero-order valence-electron chi connectivity index (χ0n) is 13.1. The molecule has 1 aliphatic heterocycles. The lowest BCUT2D eigenvalue weighted by atomic mass is 9.79. The fourth-order valence-corrected chi connectivity index (χ4v) is 4.80. The molecule has 1 aromatic rings. The summed E-state index contributed by atoms with van der Waals surface area (Å²) in [6.45, 7) is 0.916. The predicted octanol–water partition coefficient (Wildman–Crippen LogP) is 4.25.